The van der Waals surface area contributed by atoms with E-state index in [1.807, 2.05) is 36.4 Å². The average molecular weight is 267 g/mol. The Bertz CT molecular complexity index is 840. The van der Waals surface area contributed by atoms with Gasteiger partial charge in [0, 0.05) is 17.6 Å². The highest BCUT2D eigenvalue weighted by Gasteiger charge is 2.10. The molecule has 5 heteroatoms. The molecule has 0 aliphatic carbocycles. The molecule has 3 rings (SSSR count). The smallest absolute Gasteiger partial charge is 0.271 e. The van der Waals surface area contributed by atoms with Gasteiger partial charge in [-0.15, -0.1) is 0 Å². The number of nitrogen functional groups attached to an aromatic ring is 1. The van der Waals surface area contributed by atoms with Gasteiger partial charge in [0.15, 0.2) is 5.65 Å². The van der Waals surface area contributed by atoms with Crippen molar-refractivity contribution >= 4 is 11.0 Å². The number of nitrogens with two attached hydrogens (primary N) is 1. The van der Waals surface area contributed by atoms with E-state index in [1.54, 1.807) is 13.3 Å². The van der Waals surface area contributed by atoms with Gasteiger partial charge in [-0.1, -0.05) is 12.1 Å². The van der Waals surface area contributed by atoms with Crippen molar-refractivity contribution in [3.63, 3.8) is 0 Å². The summed E-state index contributed by atoms with van der Waals surface area (Å²) in [7, 11) is 1.61. The van der Waals surface area contributed by atoms with Crippen LogP contribution in [0.2, 0.25) is 0 Å². The SMILES string of the molecule is COc1cccc(-c2cc(=O)n(N)c3ncccc23)c1. The molecule has 0 unspecified atom stereocenters. The van der Waals surface area contributed by atoms with Gasteiger partial charge in [-0.05, 0) is 35.4 Å². The third kappa shape index (κ3) is 1.89. The third-order valence-electron chi connectivity index (χ3n) is 3.19. The van der Waals surface area contributed by atoms with Crippen LogP contribution in [0.4, 0.5) is 0 Å². The number of rotatable bonds is 2. The highest BCUT2D eigenvalue weighted by atomic mass is 16.5. The molecule has 20 heavy (non-hydrogen) atoms. The van der Waals surface area contributed by atoms with Crippen LogP contribution in [0, 0.1) is 0 Å². The van der Waals surface area contributed by atoms with E-state index in [9.17, 15) is 4.79 Å². The first-order valence-electron chi connectivity index (χ1n) is 6.11. The molecule has 0 saturated carbocycles. The molecule has 0 fully saturated rings. The zero-order chi connectivity index (χ0) is 14.1. The number of benzene rings is 1. The lowest BCUT2D eigenvalue weighted by Gasteiger charge is -2.10. The summed E-state index contributed by atoms with van der Waals surface area (Å²) < 4.78 is 6.27. The second-order valence-corrected chi connectivity index (χ2v) is 4.37. The van der Waals surface area contributed by atoms with Crippen molar-refractivity contribution in [2.75, 3.05) is 13.0 Å². The number of hydrogen-bond donors (Lipinski definition) is 1. The minimum Gasteiger partial charge on any atom is -0.497 e. The summed E-state index contributed by atoms with van der Waals surface area (Å²) in [4.78, 5) is 16.1. The van der Waals surface area contributed by atoms with Gasteiger partial charge in [0.2, 0.25) is 0 Å². The molecular weight excluding hydrogens is 254 g/mol. The van der Waals surface area contributed by atoms with E-state index in [0.29, 0.717) is 5.65 Å². The van der Waals surface area contributed by atoms with E-state index < -0.39 is 0 Å². The molecule has 5 nitrogen and oxygen atoms in total. The number of pyridine rings is 2. The molecule has 2 aromatic heterocycles. The first-order chi connectivity index (χ1) is 9.70. The summed E-state index contributed by atoms with van der Waals surface area (Å²) in [5.74, 6) is 6.47. The maximum absolute atomic E-state index is 11.9. The topological polar surface area (TPSA) is 70.1 Å². The van der Waals surface area contributed by atoms with Crippen LogP contribution < -0.4 is 16.1 Å². The number of fused-ring (bicyclic) bond motifs is 1. The van der Waals surface area contributed by atoms with Crippen molar-refractivity contribution in [2.24, 2.45) is 0 Å². The Morgan fingerprint density at radius 3 is 2.85 bits per heavy atom. The summed E-state index contributed by atoms with van der Waals surface area (Å²) in [6.07, 6.45) is 1.61. The summed E-state index contributed by atoms with van der Waals surface area (Å²) in [5.41, 5.74) is 1.84. The van der Waals surface area contributed by atoms with Crippen LogP contribution >= 0.6 is 0 Å². The van der Waals surface area contributed by atoms with Gasteiger partial charge >= 0.3 is 0 Å². The second-order valence-electron chi connectivity index (χ2n) is 4.37. The van der Waals surface area contributed by atoms with Crippen LogP contribution in [0.15, 0.2) is 53.5 Å². The molecule has 0 aliphatic heterocycles. The Hall–Kier alpha value is -2.82. The lowest BCUT2D eigenvalue weighted by molar-refractivity contribution is 0.415. The van der Waals surface area contributed by atoms with Gasteiger partial charge in [0.05, 0.1) is 7.11 Å². The zero-order valence-corrected chi connectivity index (χ0v) is 10.9. The fourth-order valence-corrected chi connectivity index (χ4v) is 2.20. The summed E-state index contributed by atoms with van der Waals surface area (Å²) >= 11 is 0. The molecule has 2 N–H and O–H groups in total. The van der Waals surface area contributed by atoms with Crippen molar-refractivity contribution in [3.8, 4) is 16.9 Å². The van der Waals surface area contributed by atoms with E-state index in [-0.39, 0.29) is 5.56 Å². The maximum atomic E-state index is 11.9. The maximum Gasteiger partial charge on any atom is 0.271 e. The Morgan fingerprint density at radius 1 is 1.20 bits per heavy atom. The molecule has 0 bridgehead atoms. The van der Waals surface area contributed by atoms with Crippen LogP contribution in [0.5, 0.6) is 5.75 Å². The minimum absolute atomic E-state index is 0.297. The van der Waals surface area contributed by atoms with Gasteiger partial charge < -0.3 is 10.6 Å². The second kappa shape index (κ2) is 4.70. The lowest BCUT2D eigenvalue weighted by Crippen LogP contribution is -2.27. The van der Waals surface area contributed by atoms with E-state index in [1.165, 1.54) is 6.07 Å². The third-order valence-corrected chi connectivity index (χ3v) is 3.19. The van der Waals surface area contributed by atoms with Crippen LogP contribution in [-0.2, 0) is 0 Å². The van der Waals surface area contributed by atoms with Gasteiger partial charge in [-0.25, -0.2) is 9.66 Å². The number of nitrogens with zero attached hydrogens (tertiary/aromatic N) is 2. The Balaban J connectivity index is 2.36. The number of aromatic nitrogens is 2. The standard InChI is InChI=1S/C15H13N3O2/c1-20-11-5-2-4-10(8-11)13-9-14(19)18(16)15-12(13)6-3-7-17-15/h2-9H,16H2,1H3. The van der Waals surface area contributed by atoms with Crippen molar-refractivity contribution in [1.82, 2.24) is 9.66 Å². The largest absolute Gasteiger partial charge is 0.497 e. The Labute approximate surface area is 115 Å². The predicted octanol–water partition coefficient (Wildman–Crippen LogP) is 1.79. The van der Waals surface area contributed by atoms with Crippen LogP contribution in [0.25, 0.3) is 22.2 Å². The molecule has 1 aromatic carbocycles. The zero-order valence-electron chi connectivity index (χ0n) is 10.9. The first-order valence-corrected chi connectivity index (χ1v) is 6.11. The molecule has 0 saturated heterocycles. The van der Waals surface area contributed by atoms with Crippen molar-refractivity contribution in [3.05, 3.63) is 59.0 Å². The molecule has 0 spiro atoms. The Kier molecular flexibility index (Phi) is 2.87. The first kappa shape index (κ1) is 12.2. The molecule has 100 valence electrons. The van der Waals surface area contributed by atoms with Gasteiger partial charge in [0.1, 0.15) is 5.75 Å². The molecule has 2 heterocycles. The molecule has 0 amide bonds. The number of hydrogen-bond acceptors (Lipinski definition) is 4. The summed E-state index contributed by atoms with van der Waals surface area (Å²) in [6, 6.07) is 12.8. The van der Waals surface area contributed by atoms with Crippen molar-refractivity contribution < 1.29 is 4.74 Å². The number of ether oxygens (including phenoxy) is 1. The quantitative estimate of drug-likeness (QED) is 0.719. The lowest BCUT2D eigenvalue weighted by atomic mass is 10.0. The molecule has 0 aliphatic rings. The highest BCUT2D eigenvalue weighted by molar-refractivity contribution is 5.92. The summed E-state index contributed by atoms with van der Waals surface area (Å²) in [6.45, 7) is 0. The van der Waals surface area contributed by atoms with Gasteiger partial charge in [-0.3, -0.25) is 4.79 Å². The van der Waals surface area contributed by atoms with Gasteiger partial charge in [-0.2, -0.15) is 0 Å². The summed E-state index contributed by atoms with van der Waals surface area (Å²) in [5, 5.41) is 0.822. The van der Waals surface area contributed by atoms with Crippen LogP contribution in [-0.4, -0.2) is 16.8 Å². The normalized spacial score (nSPS) is 10.7. The monoisotopic (exact) mass is 267 g/mol. The van der Waals surface area contributed by atoms with Crippen molar-refractivity contribution in [2.45, 2.75) is 0 Å². The molecule has 0 atom stereocenters. The van der Waals surface area contributed by atoms with Crippen molar-refractivity contribution in [1.29, 1.82) is 0 Å². The predicted molar refractivity (Wildman–Crippen MR) is 78.1 cm³/mol. The average Bonchev–Trinajstić information content (AvgIpc) is 2.51. The molecular formula is C15H13N3O2. The van der Waals surface area contributed by atoms with E-state index in [4.69, 9.17) is 10.6 Å². The molecule has 3 aromatic rings. The van der Waals surface area contributed by atoms with E-state index in [0.717, 1.165) is 26.9 Å². The molecule has 0 radical (unpaired) electrons. The van der Waals surface area contributed by atoms with Crippen LogP contribution in [0.1, 0.15) is 0 Å². The van der Waals surface area contributed by atoms with E-state index >= 15 is 0 Å². The van der Waals surface area contributed by atoms with Gasteiger partial charge in [0.25, 0.3) is 5.56 Å². The Morgan fingerprint density at radius 2 is 2.05 bits per heavy atom. The fraction of sp³-hybridized carbons (Fsp3) is 0.0667. The minimum atomic E-state index is -0.297. The fourth-order valence-electron chi connectivity index (χ4n) is 2.20. The number of methoxy groups -OCH3 is 1. The van der Waals surface area contributed by atoms with Crippen LogP contribution in [0.3, 0.4) is 0 Å². The highest BCUT2D eigenvalue weighted by Crippen LogP contribution is 2.28. The van der Waals surface area contributed by atoms with E-state index in [2.05, 4.69) is 4.98 Å².